The number of nitrogens with one attached hydrogen (secondary N) is 1. The lowest BCUT2D eigenvalue weighted by atomic mass is 10.0. The van der Waals surface area contributed by atoms with Crippen molar-refractivity contribution >= 4 is 40.9 Å². The normalized spacial score (nSPS) is 15.0. The third-order valence-corrected chi connectivity index (χ3v) is 5.32. The van der Waals surface area contributed by atoms with Crippen LogP contribution in [0.1, 0.15) is 30.5 Å². The Morgan fingerprint density at radius 3 is 2.47 bits per heavy atom. The smallest absolute Gasteiger partial charge is 0.270 e. The molecule has 166 valence electrons. The second-order valence-corrected chi connectivity index (χ2v) is 7.50. The van der Waals surface area contributed by atoms with Gasteiger partial charge in [-0.2, -0.15) is 0 Å². The van der Waals surface area contributed by atoms with Crippen molar-refractivity contribution < 1.29 is 19.1 Å². The van der Waals surface area contributed by atoms with Crippen molar-refractivity contribution in [3.8, 4) is 11.5 Å². The topological polar surface area (TPSA) is 67.9 Å². The number of carbonyl (C=O) groups excluding carboxylic acids is 2. The molecule has 1 N–H and O–H groups in total. The summed E-state index contributed by atoms with van der Waals surface area (Å²) in [5.41, 5.74) is 3.20. The molecule has 1 aliphatic heterocycles. The van der Waals surface area contributed by atoms with E-state index in [-0.39, 0.29) is 10.7 Å². The fourth-order valence-electron chi connectivity index (χ4n) is 3.51. The number of aryl methyl sites for hydroxylation is 1. The molecule has 2 aromatic rings. The highest BCUT2D eigenvalue weighted by atomic mass is 32.1. The highest BCUT2D eigenvalue weighted by Crippen LogP contribution is 2.34. The van der Waals surface area contributed by atoms with Crippen molar-refractivity contribution in [1.82, 2.24) is 5.32 Å². The molecule has 1 saturated heterocycles. The summed E-state index contributed by atoms with van der Waals surface area (Å²) < 4.78 is 11.2. The van der Waals surface area contributed by atoms with Gasteiger partial charge >= 0.3 is 0 Å². The van der Waals surface area contributed by atoms with Crippen molar-refractivity contribution in [3.05, 3.63) is 71.3 Å². The van der Waals surface area contributed by atoms with Crippen LogP contribution in [-0.2, 0) is 22.4 Å². The number of amides is 2. The number of carbonyl (C=O) groups is 2. The lowest BCUT2D eigenvalue weighted by Crippen LogP contribution is -2.54. The monoisotopic (exact) mass is 450 g/mol. The molecule has 0 atom stereocenters. The quantitative estimate of drug-likeness (QED) is 0.282. The first-order valence-corrected chi connectivity index (χ1v) is 10.8. The SMILES string of the molecule is C=CCc1cc(C=C2C(=O)NC(=S)N(c3ccc(CC)cc3)C2=O)cc(OCC)c1OC. The van der Waals surface area contributed by atoms with Crippen molar-refractivity contribution in [3.63, 3.8) is 0 Å². The van der Waals surface area contributed by atoms with Gasteiger partial charge in [0.2, 0.25) is 0 Å². The minimum Gasteiger partial charge on any atom is -0.493 e. The predicted molar refractivity (Wildman–Crippen MR) is 130 cm³/mol. The van der Waals surface area contributed by atoms with Gasteiger partial charge in [-0.1, -0.05) is 25.1 Å². The Morgan fingerprint density at radius 2 is 1.88 bits per heavy atom. The zero-order valence-electron chi connectivity index (χ0n) is 18.4. The van der Waals surface area contributed by atoms with Gasteiger partial charge in [0.05, 0.1) is 19.4 Å². The lowest BCUT2D eigenvalue weighted by molar-refractivity contribution is -0.122. The number of methoxy groups -OCH3 is 1. The Balaban J connectivity index is 2.05. The minimum absolute atomic E-state index is 0.0182. The standard InChI is InChI=1S/C25H26N2O4S/c1-5-8-18-13-17(15-21(31-7-3)22(18)30-4)14-20-23(28)26-25(32)27(24(20)29)19-11-9-16(6-2)10-12-19/h5,9-15H,1,6-8H2,2-4H3,(H,26,28,32). The number of ether oxygens (including phenoxy) is 2. The van der Waals surface area contributed by atoms with Crippen molar-refractivity contribution in [2.45, 2.75) is 26.7 Å². The second kappa shape index (κ2) is 10.2. The number of hydrogen-bond acceptors (Lipinski definition) is 5. The van der Waals surface area contributed by atoms with Gasteiger partial charge in [0.25, 0.3) is 11.8 Å². The predicted octanol–water partition coefficient (Wildman–Crippen LogP) is 4.22. The molecule has 32 heavy (non-hydrogen) atoms. The maximum atomic E-state index is 13.3. The third kappa shape index (κ3) is 4.73. The van der Waals surface area contributed by atoms with E-state index in [1.165, 1.54) is 4.90 Å². The number of nitrogens with zero attached hydrogens (tertiary/aromatic N) is 1. The van der Waals surface area contributed by atoms with Gasteiger partial charge in [-0.05, 0) is 73.5 Å². The largest absolute Gasteiger partial charge is 0.493 e. The average molecular weight is 451 g/mol. The Morgan fingerprint density at radius 1 is 1.16 bits per heavy atom. The molecule has 0 unspecified atom stereocenters. The fourth-order valence-corrected chi connectivity index (χ4v) is 3.79. The summed E-state index contributed by atoms with van der Waals surface area (Å²) in [5, 5.41) is 2.67. The number of rotatable bonds is 8. The van der Waals surface area contributed by atoms with Crippen molar-refractivity contribution in [1.29, 1.82) is 0 Å². The van der Waals surface area contributed by atoms with E-state index < -0.39 is 11.8 Å². The van der Waals surface area contributed by atoms with Crippen LogP contribution in [0.15, 0.2) is 54.6 Å². The molecule has 3 rings (SSSR count). The van der Waals surface area contributed by atoms with Crippen LogP contribution < -0.4 is 19.7 Å². The second-order valence-electron chi connectivity index (χ2n) is 7.12. The Kier molecular flexibility index (Phi) is 7.43. The molecular weight excluding hydrogens is 424 g/mol. The first-order chi connectivity index (χ1) is 15.4. The van der Waals surface area contributed by atoms with Crippen molar-refractivity contribution in [2.75, 3.05) is 18.6 Å². The van der Waals surface area contributed by atoms with E-state index in [9.17, 15) is 9.59 Å². The molecule has 2 aromatic carbocycles. The van der Waals surface area contributed by atoms with Gasteiger partial charge in [-0.25, -0.2) is 0 Å². The van der Waals surface area contributed by atoms with Crippen molar-refractivity contribution in [2.24, 2.45) is 0 Å². The number of benzene rings is 2. The van der Waals surface area contributed by atoms with Crippen LogP contribution >= 0.6 is 12.2 Å². The van der Waals surface area contributed by atoms with Gasteiger partial charge in [-0.15, -0.1) is 6.58 Å². The van der Waals surface area contributed by atoms with E-state index in [0.29, 0.717) is 35.8 Å². The number of allylic oxidation sites excluding steroid dienone is 1. The Hall–Kier alpha value is -3.45. The van der Waals surface area contributed by atoms with E-state index in [1.807, 2.05) is 37.3 Å². The number of thiocarbonyl (C=S) groups is 1. The minimum atomic E-state index is -0.541. The number of anilines is 1. The van der Waals surface area contributed by atoms with Gasteiger partial charge < -0.3 is 9.47 Å². The first-order valence-electron chi connectivity index (χ1n) is 10.4. The van der Waals surface area contributed by atoms with Crippen LogP contribution in [0.3, 0.4) is 0 Å². The average Bonchev–Trinajstić information content (AvgIpc) is 2.77. The number of hydrogen-bond donors (Lipinski definition) is 1. The van der Waals surface area contributed by atoms with E-state index in [2.05, 4.69) is 18.8 Å². The molecule has 1 aliphatic rings. The summed E-state index contributed by atoms with van der Waals surface area (Å²) in [7, 11) is 1.57. The molecule has 0 spiro atoms. The summed E-state index contributed by atoms with van der Waals surface area (Å²) in [6.07, 6.45) is 4.72. The molecule has 2 amide bonds. The van der Waals surface area contributed by atoms with Gasteiger partial charge in [0, 0.05) is 5.56 Å². The summed E-state index contributed by atoms with van der Waals surface area (Å²) in [6.45, 7) is 8.16. The van der Waals surface area contributed by atoms with E-state index in [1.54, 1.807) is 25.3 Å². The van der Waals surface area contributed by atoms with Gasteiger partial charge in [0.15, 0.2) is 16.6 Å². The van der Waals surface area contributed by atoms with Gasteiger partial charge in [0.1, 0.15) is 5.57 Å². The highest BCUT2D eigenvalue weighted by Gasteiger charge is 2.34. The molecule has 0 saturated carbocycles. The fraction of sp³-hybridized carbons (Fsp3) is 0.240. The third-order valence-electron chi connectivity index (χ3n) is 5.04. The molecule has 1 fully saturated rings. The maximum absolute atomic E-state index is 13.3. The zero-order chi connectivity index (χ0) is 23.3. The molecule has 6 nitrogen and oxygen atoms in total. The van der Waals surface area contributed by atoms with Crippen LogP contribution in [0.25, 0.3) is 6.08 Å². The van der Waals surface area contributed by atoms with E-state index >= 15 is 0 Å². The molecule has 0 aliphatic carbocycles. The summed E-state index contributed by atoms with van der Waals surface area (Å²) in [4.78, 5) is 27.3. The molecule has 0 radical (unpaired) electrons. The molecular formula is C25H26N2O4S. The van der Waals surface area contributed by atoms with Crippen LogP contribution in [-0.4, -0.2) is 30.6 Å². The summed E-state index contributed by atoms with van der Waals surface area (Å²) >= 11 is 5.28. The van der Waals surface area contributed by atoms with Crippen LogP contribution in [0.4, 0.5) is 5.69 Å². The van der Waals surface area contributed by atoms with Crippen LogP contribution in [0.5, 0.6) is 11.5 Å². The molecule has 7 heteroatoms. The first kappa shape index (κ1) is 23.2. The summed E-state index contributed by atoms with van der Waals surface area (Å²) in [5.74, 6) is 0.113. The Labute approximate surface area is 193 Å². The molecule has 0 bridgehead atoms. The van der Waals surface area contributed by atoms with E-state index in [0.717, 1.165) is 17.5 Å². The van der Waals surface area contributed by atoms with E-state index in [4.69, 9.17) is 21.7 Å². The molecule has 1 heterocycles. The van der Waals surface area contributed by atoms with Crippen LogP contribution in [0.2, 0.25) is 0 Å². The van der Waals surface area contributed by atoms with Crippen LogP contribution in [0, 0.1) is 0 Å². The van der Waals surface area contributed by atoms with Gasteiger partial charge in [-0.3, -0.25) is 19.8 Å². The zero-order valence-corrected chi connectivity index (χ0v) is 19.3. The Bertz CT molecular complexity index is 1090. The summed E-state index contributed by atoms with van der Waals surface area (Å²) in [6, 6.07) is 11.1. The maximum Gasteiger partial charge on any atom is 0.270 e. The highest BCUT2D eigenvalue weighted by molar-refractivity contribution is 7.80. The lowest BCUT2D eigenvalue weighted by Gasteiger charge is -2.29. The molecule has 0 aromatic heterocycles.